The van der Waals surface area contributed by atoms with Gasteiger partial charge < -0.3 is 9.88 Å². The number of H-pyrrole nitrogens is 1. The minimum atomic E-state index is 0.526. The fourth-order valence-electron chi connectivity index (χ4n) is 4.81. The Labute approximate surface area is 136 Å². The Morgan fingerprint density at radius 3 is 2.96 bits per heavy atom. The first kappa shape index (κ1) is 13.4. The number of fused-ring (bicyclic) bond motifs is 2. The van der Waals surface area contributed by atoms with Gasteiger partial charge in [-0.05, 0) is 43.1 Å². The average molecular weight is 306 g/mol. The predicted octanol–water partition coefficient (Wildman–Crippen LogP) is 3.03. The number of benzene rings is 1. The summed E-state index contributed by atoms with van der Waals surface area (Å²) in [4.78, 5) is 6.01. The van der Waals surface area contributed by atoms with Crippen LogP contribution in [0.25, 0.3) is 10.9 Å². The number of piperidine rings is 1. The number of hydrogen-bond acceptors (Lipinski definition) is 2. The van der Waals surface area contributed by atoms with Crippen LogP contribution in [0, 0.1) is 0 Å². The Bertz CT molecular complexity index is 875. The Morgan fingerprint density at radius 2 is 2.13 bits per heavy atom. The molecule has 3 atom stereocenters. The van der Waals surface area contributed by atoms with Gasteiger partial charge in [0.2, 0.25) is 0 Å². The van der Waals surface area contributed by atoms with Crippen molar-refractivity contribution in [2.24, 2.45) is 7.05 Å². The van der Waals surface area contributed by atoms with Crippen molar-refractivity contribution in [1.82, 2.24) is 19.7 Å². The number of likely N-dealkylation sites (N-methyl/N-ethyl adjacent to an activating group) is 1. The summed E-state index contributed by atoms with van der Waals surface area (Å²) in [5.74, 6) is 1.13. The molecule has 0 spiro atoms. The van der Waals surface area contributed by atoms with Gasteiger partial charge in [0.1, 0.15) is 0 Å². The standard InChI is InChI=1S/C19H22N4/c1-22-11-13(16-6-7-23(2)21-16)8-15-14-4-3-5-17-19(14)12(10-20-17)9-18(15)22/h3-7,10,13,15,18,20H,8-9,11H2,1-2H3/t13-,15?,18-/m1/s1. The van der Waals surface area contributed by atoms with Gasteiger partial charge in [0.05, 0.1) is 5.69 Å². The van der Waals surface area contributed by atoms with Gasteiger partial charge in [-0.15, -0.1) is 0 Å². The van der Waals surface area contributed by atoms with Crippen molar-refractivity contribution in [1.29, 1.82) is 0 Å². The Hall–Kier alpha value is -2.07. The zero-order valence-corrected chi connectivity index (χ0v) is 13.7. The van der Waals surface area contributed by atoms with Crippen LogP contribution in [0.1, 0.15) is 35.1 Å². The molecule has 2 aliphatic rings. The van der Waals surface area contributed by atoms with Crippen molar-refractivity contribution in [3.05, 3.63) is 53.5 Å². The van der Waals surface area contributed by atoms with E-state index in [2.05, 4.69) is 58.7 Å². The highest BCUT2D eigenvalue weighted by atomic mass is 15.3. The van der Waals surface area contributed by atoms with E-state index in [1.165, 1.54) is 34.1 Å². The van der Waals surface area contributed by atoms with Gasteiger partial charge in [-0.2, -0.15) is 5.10 Å². The first-order valence-corrected chi connectivity index (χ1v) is 8.49. The smallest absolute Gasteiger partial charge is 0.0668 e. The SMILES string of the molecule is CN1C[C@H](c2ccn(C)n2)CC2c3cccc4[nH]cc(c34)C[C@H]21. The van der Waals surface area contributed by atoms with E-state index in [0.717, 1.165) is 13.0 Å². The maximum atomic E-state index is 4.67. The van der Waals surface area contributed by atoms with Crippen LogP contribution < -0.4 is 0 Å². The number of rotatable bonds is 1. The normalized spacial score (nSPS) is 27.3. The summed E-state index contributed by atoms with van der Waals surface area (Å²) in [5.41, 5.74) is 5.55. The number of likely N-dealkylation sites (tertiary alicyclic amines) is 1. The molecule has 3 aromatic rings. The van der Waals surface area contributed by atoms with E-state index in [-0.39, 0.29) is 0 Å². The Morgan fingerprint density at radius 1 is 1.22 bits per heavy atom. The maximum absolute atomic E-state index is 4.67. The minimum Gasteiger partial charge on any atom is -0.361 e. The summed E-state index contributed by atoms with van der Waals surface area (Å²) < 4.78 is 1.92. The second-order valence-corrected chi connectivity index (χ2v) is 7.25. The van der Waals surface area contributed by atoms with E-state index in [9.17, 15) is 0 Å². The molecule has 4 heteroatoms. The number of hydrogen-bond donors (Lipinski definition) is 1. The molecule has 0 radical (unpaired) electrons. The summed E-state index contributed by atoms with van der Waals surface area (Å²) in [6.07, 6.45) is 6.64. The molecular weight excluding hydrogens is 284 g/mol. The molecule has 0 bridgehead atoms. The molecule has 1 unspecified atom stereocenters. The van der Waals surface area contributed by atoms with E-state index >= 15 is 0 Å². The van der Waals surface area contributed by atoms with Crippen LogP contribution in [-0.2, 0) is 13.5 Å². The van der Waals surface area contributed by atoms with Crippen LogP contribution in [0.5, 0.6) is 0 Å². The fraction of sp³-hybridized carbons (Fsp3) is 0.421. The molecule has 1 saturated heterocycles. The molecule has 0 amide bonds. The lowest BCUT2D eigenvalue weighted by Crippen LogP contribution is -2.47. The molecule has 0 saturated carbocycles. The van der Waals surface area contributed by atoms with Gasteiger partial charge in [0.25, 0.3) is 0 Å². The monoisotopic (exact) mass is 306 g/mol. The van der Waals surface area contributed by atoms with Crippen LogP contribution in [0.3, 0.4) is 0 Å². The van der Waals surface area contributed by atoms with Gasteiger partial charge >= 0.3 is 0 Å². The summed E-state index contributed by atoms with van der Waals surface area (Å²) in [6.45, 7) is 1.11. The van der Waals surface area contributed by atoms with E-state index in [1.807, 2.05) is 11.7 Å². The molecule has 1 aromatic carbocycles. The van der Waals surface area contributed by atoms with Gasteiger partial charge in [-0.25, -0.2) is 0 Å². The second-order valence-electron chi connectivity index (χ2n) is 7.25. The van der Waals surface area contributed by atoms with Crippen LogP contribution in [0.15, 0.2) is 36.7 Å². The van der Waals surface area contributed by atoms with Gasteiger partial charge in [-0.1, -0.05) is 12.1 Å². The third-order valence-electron chi connectivity index (χ3n) is 5.88. The molecule has 3 heterocycles. The lowest BCUT2D eigenvalue weighted by Gasteiger charge is -2.45. The highest BCUT2D eigenvalue weighted by Gasteiger charge is 2.40. The first-order valence-electron chi connectivity index (χ1n) is 8.49. The molecule has 118 valence electrons. The van der Waals surface area contributed by atoms with Gasteiger partial charge in [-0.3, -0.25) is 4.68 Å². The number of aryl methyl sites for hydroxylation is 1. The topological polar surface area (TPSA) is 36.9 Å². The van der Waals surface area contributed by atoms with E-state index in [1.54, 1.807) is 0 Å². The van der Waals surface area contributed by atoms with Crippen LogP contribution >= 0.6 is 0 Å². The number of aromatic amines is 1. The third-order valence-corrected chi connectivity index (χ3v) is 5.88. The lowest BCUT2D eigenvalue weighted by molar-refractivity contribution is 0.138. The lowest BCUT2D eigenvalue weighted by atomic mass is 9.72. The molecule has 1 N–H and O–H groups in total. The maximum Gasteiger partial charge on any atom is 0.0668 e. The van der Waals surface area contributed by atoms with Crippen LogP contribution in [-0.4, -0.2) is 39.3 Å². The average Bonchev–Trinajstić information content (AvgIpc) is 3.16. The first-order chi connectivity index (χ1) is 11.2. The van der Waals surface area contributed by atoms with Crippen molar-refractivity contribution < 1.29 is 0 Å². The van der Waals surface area contributed by atoms with Crippen molar-refractivity contribution in [3.8, 4) is 0 Å². The summed E-state index contributed by atoms with van der Waals surface area (Å²) in [5, 5.41) is 6.15. The molecule has 4 nitrogen and oxygen atoms in total. The Kier molecular flexibility index (Phi) is 2.74. The number of nitrogens with one attached hydrogen (secondary N) is 1. The quantitative estimate of drug-likeness (QED) is 0.750. The molecule has 1 aliphatic heterocycles. The molecule has 1 fully saturated rings. The van der Waals surface area contributed by atoms with Crippen LogP contribution in [0.2, 0.25) is 0 Å². The van der Waals surface area contributed by atoms with E-state index in [0.29, 0.717) is 17.9 Å². The van der Waals surface area contributed by atoms with Crippen LogP contribution in [0.4, 0.5) is 0 Å². The molecule has 2 aromatic heterocycles. The van der Waals surface area contributed by atoms with Crippen molar-refractivity contribution in [2.75, 3.05) is 13.6 Å². The summed E-state index contributed by atoms with van der Waals surface area (Å²) in [6, 6.07) is 9.54. The zero-order chi connectivity index (χ0) is 15.6. The van der Waals surface area contributed by atoms with Crippen molar-refractivity contribution in [3.63, 3.8) is 0 Å². The highest BCUT2D eigenvalue weighted by molar-refractivity contribution is 5.88. The molecule has 23 heavy (non-hydrogen) atoms. The summed E-state index contributed by atoms with van der Waals surface area (Å²) in [7, 11) is 4.29. The predicted molar refractivity (Wildman–Crippen MR) is 91.7 cm³/mol. The second kappa shape index (κ2) is 4.71. The largest absolute Gasteiger partial charge is 0.361 e. The van der Waals surface area contributed by atoms with E-state index in [4.69, 9.17) is 0 Å². The van der Waals surface area contributed by atoms with Crippen molar-refractivity contribution >= 4 is 10.9 Å². The highest BCUT2D eigenvalue weighted by Crippen LogP contribution is 2.46. The Balaban J connectivity index is 1.59. The zero-order valence-electron chi connectivity index (χ0n) is 13.7. The van der Waals surface area contributed by atoms with Crippen molar-refractivity contribution in [2.45, 2.75) is 30.7 Å². The number of nitrogens with zero attached hydrogens (tertiary/aromatic N) is 3. The number of aromatic nitrogens is 3. The molecule has 5 rings (SSSR count). The molecular formula is C19H22N4. The summed E-state index contributed by atoms with van der Waals surface area (Å²) >= 11 is 0. The third kappa shape index (κ3) is 1.91. The van der Waals surface area contributed by atoms with Gasteiger partial charge in [0.15, 0.2) is 0 Å². The van der Waals surface area contributed by atoms with Gasteiger partial charge in [0, 0.05) is 54.8 Å². The molecule has 1 aliphatic carbocycles. The van der Waals surface area contributed by atoms with E-state index < -0.39 is 0 Å². The fourth-order valence-corrected chi connectivity index (χ4v) is 4.81. The minimum absolute atomic E-state index is 0.526.